The maximum absolute atomic E-state index is 13.3. The smallest absolute Gasteiger partial charge is 0.275 e. The number of nitrogens with zero attached hydrogens (tertiary/aromatic N) is 4. The highest BCUT2D eigenvalue weighted by atomic mass is 16.5. The number of carbonyl (C=O) groups is 1. The molecule has 0 atom stereocenters. The van der Waals surface area contributed by atoms with Crippen molar-refractivity contribution < 1.29 is 9.53 Å². The van der Waals surface area contributed by atoms with Gasteiger partial charge in [0.05, 0.1) is 18.2 Å². The van der Waals surface area contributed by atoms with Gasteiger partial charge < -0.3 is 9.64 Å². The van der Waals surface area contributed by atoms with Crippen LogP contribution in [0.1, 0.15) is 30.7 Å². The van der Waals surface area contributed by atoms with Crippen LogP contribution in [-0.4, -0.2) is 34.3 Å². The molecule has 0 spiro atoms. The summed E-state index contributed by atoms with van der Waals surface area (Å²) in [7, 11) is 1.58. The zero-order valence-corrected chi connectivity index (χ0v) is 19.7. The molecule has 0 aliphatic rings. The fourth-order valence-electron chi connectivity index (χ4n) is 4.02. The highest BCUT2D eigenvalue weighted by molar-refractivity contribution is 5.93. The third-order valence-corrected chi connectivity index (χ3v) is 5.90. The second-order valence-corrected chi connectivity index (χ2v) is 8.02. The van der Waals surface area contributed by atoms with Crippen LogP contribution in [0.25, 0.3) is 10.8 Å². The van der Waals surface area contributed by atoms with E-state index in [4.69, 9.17) is 4.74 Å². The molecule has 174 valence electrons. The van der Waals surface area contributed by atoms with Crippen LogP contribution in [0.2, 0.25) is 0 Å². The van der Waals surface area contributed by atoms with Crippen molar-refractivity contribution in [3.05, 3.63) is 94.2 Å². The third-order valence-electron chi connectivity index (χ3n) is 5.90. The van der Waals surface area contributed by atoms with E-state index >= 15 is 0 Å². The molecule has 0 N–H and O–H groups in total. The van der Waals surface area contributed by atoms with Crippen molar-refractivity contribution >= 4 is 22.4 Å². The molecule has 1 amide bonds. The van der Waals surface area contributed by atoms with Gasteiger partial charge in [-0.1, -0.05) is 25.1 Å². The van der Waals surface area contributed by atoms with E-state index in [9.17, 15) is 9.59 Å². The van der Waals surface area contributed by atoms with Gasteiger partial charge >= 0.3 is 0 Å². The van der Waals surface area contributed by atoms with Crippen molar-refractivity contribution in [3.8, 4) is 5.75 Å². The normalized spacial score (nSPS) is 10.9. The molecule has 0 radical (unpaired) electrons. The first-order chi connectivity index (χ1) is 16.5. The van der Waals surface area contributed by atoms with Crippen LogP contribution in [-0.2, 0) is 24.2 Å². The number of hydrogen-bond donors (Lipinski definition) is 0. The van der Waals surface area contributed by atoms with E-state index in [0.29, 0.717) is 35.2 Å². The number of anilines is 1. The summed E-state index contributed by atoms with van der Waals surface area (Å²) in [6.07, 6.45) is 4.89. The first-order valence-electron chi connectivity index (χ1n) is 11.4. The Bertz CT molecular complexity index is 1350. The molecule has 7 nitrogen and oxygen atoms in total. The summed E-state index contributed by atoms with van der Waals surface area (Å²) in [6.45, 7) is 4.35. The molecule has 0 bridgehead atoms. The number of carbonyl (C=O) groups excluding carboxylic acids is 1. The molecule has 4 aromatic rings. The average molecular weight is 457 g/mol. The second-order valence-electron chi connectivity index (χ2n) is 8.02. The lowest BCUT2D eigenvalue weighted by Gasteiger charge is -2.22. The summed E-state index contributed by atoms with van der Waals surface area (Å²) in [5, 5.41) is 5.83. The summed E-state index contributed by atoms with van der Waals surface area (Å²) in [5.41, 5.74) is 3.35. The van der Waals surface area contributed by atoms with Crippen LogP contribution in [0.15, 0.2) is 71.8 Å². The van der Waals surface area contributed by atoms with Crippen LogP contribution >= 0.6 is 0 Å². The van der Waals surface area contributed by atoms with E-state index in [1.807, 2.05) is 49.4 Å². The summed E-state index contributed by atoms with van der Waals surface area (Å²) in [4.78, 5) is 32.4. The Balaban J connectivity index is 1.73. The molecule has 2 heterocycles. The Labute approximate surface area is 198 Å². The molecule has 0 aliphatic carbocycles. The van der Waals surface area contributed by atoms with Crippen molar-refractivity contribution in [3.63, 3.8) is 0 Å². The van der Waals surface area contributed by atoms with E-state index < -0.39 is 0 Å². The van der Waals surface area contributed by atoms with Gasteiger partial charge in [0, 0.05) is 36.4 Å². The van der Waals surface area contributed by atoms with Gasteiger partial charge in [-0.05, 0) is 60.9 Å². The Morgan fingerprint density at radius 2 is 1.82 bits per heavy atom. The van der Waals surface area contributed by atoms with Crippen LogP contribution in [0.4, 0.5) is 5.69 Å². The number of methoxy groups -OCH3 is 1. The monoisotopic (exact) mass is 456 g/mol. The first-order valence-corrected chi connectivity index (χ1v) is 11.4. The zero-order valence-electron chi connectivity index (χ0n) is 19.7. The number of likely N-dealkylation sites (N-methyl/N-ethyl adjacent to an activating group) is 1. The molecular weight excluding hydrogens is 428 g/mol. The number of pyridine rings is 1. The summed E-state index contributed by atoms with van der Waals surface area (Å²) in [5.74, 6) is 0.448. The number of hydrogen-bond acceptors (Lipinski definition) is 5. The Hall–Kier alpha value is -4.00. The fourth-order valence-corrected chi connectivity index (χ4v) is 4.02. The van der Waals surface area contributed by atoms with Crippen LogP contribution in [0.3, 0.4) is 0 Å². The van der Waals surface area contributed by atoms with Gasteiger partial charge in [-0.15, -0.1) is 0 Å². The zero-order chi connectivity index (χ0) is 24.1. The van der Waals surface area contributed by atoms with Gasteiger partial charge in [-0.2, -0.15) is 5.10 Å². The summed E-state index contributed by atoms with van der Waals surface area (Å²) >= 11 is 0. The third kappa shape index (κ3) is 4.83. The maximum Gasteiger partial charge on any atom is 0.275 e. The molecule has 2 aromatic carbocycles. The largest absolute Gasteiger partial charge is 0.497 e. The molecule has 0 saturated carbocycles. The Kier molecular flexibility index (Phi) is 7.01. The fraction of sp³-hybridized carbons (Fsp3) is 0.259. The standard InChI is InChI=1S/C27H28N4O3/c1-4-19-8-10-21(11-9-19)30(5-2)26(32)18-31-27(33)23-13-12-22(34-3)16-24(23)25(29-31)15-20-7-6-14-28-17-20/h6-14,16-17H,4-5,15,18H2,1-3H3. The molecule has 0 saturated heterocycles. The van der Waals surface area contributed by atoms with Crippen molar-refractivity contribution in [2.45, 2.75) is 33.2 Å². The highest BCUT2D eigenvalue weighted by Gasteiger charge is 2.19. The minimum absolute atomic E-state index is 0.149. The van der Waals surface area contributed by atoms with Gasteiger partial charge in [0.2, 0.25) is 5.91 Å². The van der Waals surface area contributed by atoms with E-state index in [-0.39, 0.29) is 18.0 Å². The Morgan fingerprint density at radius 1 is 1.03 bits per heavy atom. The molecule has 0 fully saturated rings. The lowest BCUT2D eigenvalue weighted by Crippen LogP contribution is -2.37. The number of rotatable bonds is 8. The van der Waals surface area contributed by atoms with Crippen molar-refractivity contribution in [1.29, 1.82) is 0 Å². The van der Waals surface area contributed by atoms with Crippen LogP contribution < -0.4 is 15.2 Å². The average Bonchev–Trinajstić information content (AvgIpc) is 2.88. The molecule has 7 heteroatoms. The summed E-state index contributed by atoms with van der Waals surface area (Å²) in [6, 6.07) is 17.0. The minimum Gasteiger partial charge on any atom is -0.497 e. The van der Waals surface area contributed by atoms with E-state index in [1.165, 1.54) is 10.2 Å². The molecular formula is C27H28N4O3. The predicted molar refractivity (Wildman–Crippen MR) is 133 cm³/mol. The van der Waals surface area contributed by atoms with Gasteiger partial charge in [-0.3, -0.25) is 14.6 Å². The summed E-state index contributed by atoms with van der Waals surface area (Å²) < 4.78 is 6.63. The number of aryl methyl sites for hydroxylation is 1. The van der Waals surface area contributed by atoms with Crippen molar-refractivity contribution in [2.24, 2.45) is 0 Å². The predicted octanol–water partition coefficient (Wildman–Crippen LogP) is 4.01. The number of benzene rings is 2. The Morgan fingerprint density at radius 3 is 2.47 bits per heavy atom. The SMILES string of the molecule is CCc1ccc(N(CC)C(=O)Cn2nc(Cc3cccnc3)c3cc(OC)ccc3c2=O)cc1. The molecule has 0 aliphatic heterocycles. The van der Waals surface area contributed by atoms with Gasteiger partial charge in [-0.25, -0.2) is 4.68 Å². The molecule has 2 aromatic heterocycles. The van der Waals surface area contributed by atoms with Gasteiger partial charge in [0.1, 0.15) is 12.3 Å². The number of ether oxygens (including phenoxy) is 1. The molecule has 4 rings (SSSR count). The minimum atomic E-state index is -0.307. The van der Waals surface area contributed by atoms with E-state index in [2.05, 4.69) is 17.0 Å². The molecule has 34 heavy (non-hydrogen) atoms. The first kappa shape index (κ1) is 23.2. The van der Waals surface area contributed by atoms with Gasteiger partial charge in [0.25, 0.3) is 5.56 Å². The number of fused-ring (bicyclic) bond motifs is 1. The van der Waals surface area contributed by atoms with Crippen molar-refractivity contribution in [1.82, 2.24) is 14.8 Å². The van der Waals surface area contributed by atoms with Crippen molar-refractivity contribution in [2.75, 3.05) is 18.6 Å². The van der Waals surface area contributed by atoms with E-state index in [0.717, 1.165) is 17.7 Å². The lowest BCUT2D eigenvalue weighted by atomic mass is 10.1. The second kappa shape index (κ2) is 10.3. The van der Waals surface area contributed by atoms with Gasteiger partial charge in [0.15, 0.2) is 0 Å². The number of amides is 1. The maximum atomic E-state index is 13.3. The van der Waals surface area contributed by atoms with Crippen LogP contribution in [0, 0.1) is 0 Å². The molecule has 0 unspecified atom stereocenters. The highest BCUT2D eigenvalue weighted by Crippen LogP contribution is 2.23. The topological polar surface area (TPSA) is 77.3 Å². The van der Waals surface area contributed by atoms with E-state index in [1.54, 1.807) is 36.5 Å². The quantitative estimate of drug-likeness (QED) is 0.400. The van der Waals surface area contributed by atoms with Crippen LogP contribution in [0.5, 0.6) is 5.75 Å². The lowest BCUT2D eigenvalue weighted by molar-refractivity contribution is -0.119. The number of aromatic nitrogens is 3.